The van der Waals surface area contributed by atoms with E-state index in [9.17, 15) is 19.7 Å². The Balaban J connectivity index is 1.63. The van der Waals surface area contributed by atoms with Gasteiger partial charge in [0.1, 0.15) is 29.9 Å². The molecule has 1 aliphatic heterocycles. The minimum absolute atomic E-state index is 0.0399. The maximum absolute atomic E-state index is 14.1. The molecule has 5 rings (SSSR count). The normalized spacial score (nSPS) is 14.9. The number of aromatic nitrogens is 1. The number of benzene rings is 2. The van der Waals surface area contributed by atoms with E-state index in [0.29, 0.717) is 43.4 Å². The summed E-state index contributed by atoms with van der Waals surface area (Å²) in [4.78, 5) is 43.4. The third kappa shape index (κ3) is 6.12. The van der Waals surface area contributed by atoms with Gasteiger partial charge in [0.25, 0.3) is 11.2 Å². The number of rotatable bonds is 10. The first-order valence-corrected chi connectivity index (χ1v) is 14.7. The molecule has 2 aromatic heterocycles. The van der Waals surface area contributed by atoms with Crippen molar-refractivity contribution in [3.8, 4) is 17.1 Å². The van der Waals surface area contributed by atoms with Gasteiger partial charge in [-0.1, -0.05) is 35.6 Å². The number of non-ortho nitro benzene ring substituents is 1. The van der Waals surface area contributed by atoms with Gasteiger partial charge in [0.2, 0.25) is 0 Å². The van der Waals surface area contributed by atoms with Crippen molar-refractivity contribution >= 4 is 29.1 Å². The van der Waals surface area contributed by atoms with Gasteiger partial charge in [-0.05, 0) is 51.5 Å². The van der Waals surface area contributed by atoms with Crippen LogP contribution in [0.1, 0.15) is 43.7 Å². The van der Waals surface area contributed by atoms with Gasteiger partial charge >= 0.3 is 5.97 Å². The number of hydrogen-bond acceptors (Lipinski definition) is 10. The lowest BCUT2D eigenvalue weighted by Gasteiger charge is -2.27. The molecule has 1 atom stereocenters. The highest BCUT2D eigenvalue weighted by Gasteiger charge is 2.35. The van der Waals surface area contributed by atoms with Gasteiger partial charge in [-0.15, -0.1) is 0 Å². The summed E-state index contributed by atoms with van der Waals surface area (Å²) in [5, 5.41) is 11.3. The van der Waals surface area contributed by atoms with Crippen LogP contribution in [-0.2, 0) is 14.3 Å². The van der Waals surface area contributed by atoms with Crippen LogP contribution in [0.5, 0.6) is 5.75 Å². The van der Waals surface area contributed by atoms with Crippen LogP contribution >= 0.6 is 11.3 Å². The van der Waals surface area contributed by atoms with Crippen molar-refractivity contribution in [2.45, 2.75) is 39.8 Å². The number of carbonyl (C=O) groups is 1. The minimum atomic E-state index is -0.863. The molecule has 1 aliphatic rings. The lowest BCUT2D eigenvalue weighted by atomic mass is 9.95. The predicted octanol–water partition coefficient (Wildman–Crippen LogP) is 4.69. The van der Waals surface area contributed by atoms with Crippen LogP contribution in [0.4, 0.5) is 5.69 Å². The highest BCUT2D eigenvalue weighted by atomic mass is 32.1. The molecular formula is C32H31N3O8S. The molecule has 44 heavy (non-hydrogen) atoms. The summed E-state index contributed by atoms with van der Waals surface area (Å²) >= 11 is 1.16. The highest BCUT2D eigenvalue weighted by molar-refractivity contribution is 7.07. The Kier molecular flexibility index (Phi) is 8.93. The topological polar surface area (TPSA) is 135 Å². The summed E-state index contributed by atoms with van der Waals surface area (Å²) in [6.45, 7) is 7.60. The average molecular weight is 618 g/mol. The number of fused-ring (bicyclic) bond motifs is 1. The summed E-state index contributed by atoms with van der Waals surface area (Å²) < 4.78 is 24.5. The molecule has 0 bridgehead atoms. The molecule has 4 aromatic rings. The number of para-hydroxylation sites is 1. The zero-order valence-corrected chi connectivity index (χ0v) is 25.7. The van der Waals surface area contributed by atoms with Crippen molar-refractivity contribution < 1.29 is 28.3 Å². The van der Waals surface area contributed by atoms with E-state index in [0.717, 1.165) is 16.9 Å². The van der Waals surface area contributed by atoms with Crippen molar-refractivity contribution in [1.82, 2.24) is 4.57 Å². The first kappa shape index (κ1) is 30.6. The number of nitrogens with zero attached hydrogens (tertiary/aromatic N) is 3. The summed E-state index contributed by atoms with van der Waals surface area (Å²) in [6.07, 6.45) is 1.45. The van der Waals surface area contributed by atoms with E-state index < -0.39 is 16.9 Å². The van der Waals surface area contributed by atoms with Crippen molar-refractivity contribution in [2.24, 2.45) is 4.99 Å². The number of carbonyl (C=O) groups excluding carboxylic acids is 1. The molecule has 0 aliphatic carbocycles. The van der Waals surface area contributed by atoms with Crippen LogP contribution in [0, 0.1) is 17.0 Å². The van der Waals surface area contributed by atoms with Gasteiger partial charge in [-0.25, -0.2) is 9.79 Å². The lowest BCUT2D eigenvalue weighted by Crippen LogP contribution is -2.40. The smallest absolute Gasteiger partial charge is 0.338 e. The van der Waals surface area contributed by atoms with Crippen LogP contribution < -0.4 is 19.6 Å². The second-order valence-corrected chi connectivity index (χ2v) is 11.4. The fraction of sp³-hybridized carbons (Fsp3) is 0.281. The highest BCUT2D eigenvalue weighted by Crippen LogP contribution is 2.36. The fourth-order valence-corrected chi connectivity index (χ4v) is 5.96. The van der Waals surface area contributed by atoms with Crippen LogP contribution in [-0.4, -0.2) is 41.9 Å². The second-order valence-electron chi connectivity index (χ2n) is 10.4. The molecule has 228 valence electrons. The molecule has 0 saturated carbocycles. The Labute approximate surface area is 256 Å². The molecule has 0 amide bonds. The van der Waals surface area contributed by atoms with Crippen LogP contribution in [0.25, 0.3) is 17.4 Å². The molecule has 2 aromatic carbocycles. The SMILES string of the molecule is COCCOC(=O)C1=C(C)N=c2s/c(=C/c3ccc(-c4cc([N+](=O)[O-])ccc4C)o3)c(=O)n2[C@H]1c1ccccc1OC(C)C. The van der Waals surface area contributed by atoms with Crippen molar-refractivity contribution in [3.05, 3.63) is 113 Å². The number of thiazole rings is 1. The standard InChI is InChI=1S/C32H31N3O8S/c1-18(2)42-25-9-7-6-8-23(25)29-28(31(37)41-15-14-40-5)20(4)33-32-34(29)30(36)27(44-32)17-22-12-13-26(43-22)24-16-21(35(38)39)11-10-19(24)3/h6-13,16-18,29H,14-15H2,1-5H3/b27-17+/t29-/m0/s1. The van der Waals surface area contributed by atoms with E-state index in [1.165, 1.54) is 23.8 Å². The molecule has 3 heterocycles. The van der Waals surface area contributed by atoms with Crippen LogP contribution in [0.3, 0.4) is 0 Å². The molecule has 0 saturated heterocycles. The number of furan rings is 1. The van der Waals surface area contributed by atoms with E-state index in [2.05, 4.69) is 4.99 Å². The largest absolute Gasteiger partial charge is 0.491 e. The third-order valence-electron chi connectivity index (χ3n) is 6.94. The van der Waals surface area contributed by atoms with Gasteiger partial charge in [0, 0.05) is 36.4 Å². The van der Waals surface area contributed by atoms with Gasteiger partial charge in [0.05, 0.1) is 33.4 Å². The minimum Gasteiger partial charge on any atom is -0.491 e. The van der Waals surface area contributed by atoms with Crippen LogP contribution in [0.15, 0.2) is 80.1 Å². The zero-order chi connectivity index (χ0) is 31.5. The zero-order valence-electron chi connectivity index (χ0n) is 24.9. The van der Waals surface area contributed by atoms with Gasteiger partial charge in [-0.2, -0.15) is 0 Å². The number of methoxy groups -OCH3 is 1. The number of nitro benzene ring substituents is 1. The number of ether oxygens (including phenoxy) is 3. The first-order valence-electron chi connectivity index (χ1n) is 13.9. The molecule has 11 nitrogen and oxygen atoms in total. The molecule has 12 heteroatoms. The lowest BCUT2D eigenvalue weighted by molar-refractivity contribution is -0.384. The van der Waals surface area contributed by atoms with E-state index in [4.69, 9.17) is 18.6 Å². The maximum atomic E-state index is 14.1. The number of hydrogen-bond donors (Lipinski definition) is 0. The quantitative estimate of drug-likeness (QED) is 0.108. The molecule has 0 radical (unpaired) electrons. The fourth-order valence-electron chi connectivity index (χ4n) is 4.93. The first-order chi connectivity index (χ1) is 21.1. The Bertz CT molecular complexity index is 1950. The van der Waals surface area contributed by atoms with E-state index >= 15 is 0 Å². The second kappa shape index (κ2) is 12.8. The Morgan fingerprint density at radius 2 is 1.93 bits per heavy atom. The molecule has 0 N–H and O–H groups in total. The number of esters is 1. The summed E-state index contributed by atoms with van der Waals surface area (Å²) in [5.41, 5.74) is 2.21. The van der Waals surface area contributed by atoms with Crippen molar-refractivity contribution in [2.75, 3.05) is 20.3 Å². The van der Waals surface area contributed by atoms with Gasteiger partial charge in [0.15, 0.2) is 4.80 Å². The van der Waals surface area contributed by atoms with E-state index in [1.807, 2.05) is 39.0 Å². The number of nitro groups is 1. The van der Waals surface area contributed by atoms with Gasteiger partial charge in [-0.3, -0.25) is 19.5 Å². The summed E-state index contributed by atoms with van der Waals surface area (Å²) in [5.74, 6) is 0.734. The molecule has 0 unspecified atom stereocenters. The predicted molar refractivity (Wildman–Crippen MR) is 164 cm³/mol. The number of allylic oxidation sites excluding steroid dienone is 1. The Hall–Kier alpha value is -4.81. The Morgan fingerprint density at radius 3 is 2.66 bits per heavy atom. The number of aryl methyl sites for hydroxylation is 1. The monoisotopic (exact) mass is 617 g/mol. The van der Waals surface area contributed by atoms with E-state index in [-0.39, 0.29) is 36.1 Å². The third-order valence-corrected chi connectivity index (χ3v) is 7.92. The van der Waals surface area contributed by atoms with Crippen molar-refractivity contribution in [1.29, 1.82) is 0 Å². The van der Waals surface area contributed by atoms with E-state index in [1.54, 1.807) is 37.3 Å². The van der Waals surface area contributed by atoms with Crippen LogP contribution in [0.2, 0.25) is 0 Å². The summed E-state index contributed by atoms with van der Waals surface area (Å²) in [7, 11) is 1.51. The summed E-state index contributed by atoms with van der Waals surface area (Å²) in [6, 6.07) is 14.4. The molecule has 0 spiro atoms. The van der Waals surface area contributed by atoms with Gasteiger partial charge < -0.3 is 18.6 Å². The maximum Gasteiger partial charge on any atom is 0.338 e. The molecule has 0 fully saturated rings. The Morgan fingerprint density at radius 1 is 1.16 bits per heavy atom. The average Bonchev–Trinajstić information content (AvgIpc) is 3.56. The molecular weight excluding hydrogens is 586 g/mol. The van der Waals surface area contributed by atoms with Crippen molar-refractivity contribution in [3.63, 3.8) is 0 Å².